The summed E-state index contributed by atoms with van der Waals surface area (Å²) in [6.07, 6.45) is 6.38. The average molecular weight is 427 g/mol. The van der Waals surface area contributed by atoms with Crippen LogP contribution in [0, 0.1) is 5.92 Å². The molecule has 0 bridgehead atoms. The molecule has 1 aromatic carbocycles. The zero-order valence-electron chi connectivity index (χ0n) is 15.1. The number of halogens is 1. The number of benzene rings is 1. The van der Waals surface area contributed by atoms with E-state index in [4.69, 9.17) is 0 Å². The lowest BCUT2D eigenvalue weighted by Crippen LogP contribution is -2.27. The predicted octanol–water partition coefficient (Wildman–Crippen LogP) is 4.81. The Morgan fingerprint density at radius 3 is 2.74 bits per heavy atom. The van der Waals surface area contributed by atoms with Crippen LogP contribution in [-0.2, 0) is 6.42 Å². The summed E-state index contributed by atoms with van der Waals surface area (Å²) >= 11 is 3.47. The maximum Gasteiger partial charge on any atom is 0.181 e. The van der Waals surface area contributed by atoms with Crippen molar-refractivity contribution in [1.82, 2.24) is 9.61 Å². The zero-order chi connectivity index (χ0) is 18.8. The van der Waals surface area contributed by atoms with E-state index in [9.17, 15) is 9.90 Å². The van der Waals surface area contributed by atoms with Gasteiger partial charge in [-0.2, -0.15) is 5.10 Å². The van der Waals surface area contributed by atoms with Gasteiger partial charge in [0, 0.05) is 17.1 Å². The van der Waals surface area contributed by atoms with Gasteiger partial charge in [-0.05, 0) is 66.6 Å². The second-order valence-electron chi connectivity index (χ2n) is 7.42. The van der Waals surface area contributed by atoms with Crippen LogP contribution in [0.15, 0.2) is 53.1 Å². The SMILES string of the molecule is O=C(C[C@H]1CCCC[C@@H]1O)c1cc(Cc2ccc(Br)cc2)c2cccnn12. The van der Waals surface area contributed by atoms with Crippen molar-refractivity contribution in [1.29, 1.82) is 0 Å². The van der Waals surface area contributed by atoms with Crippen molar-refractivity contribution in [3.63, 3.8) is 0 Å². The van der Waals surface area contributed by atoms with Gasteiger partial charge in [0.1, 0.15) is 5.69 Å². The highest BCUT2D eigenvalue weighted by molar-refractivity contribution is 9.10. The van der Waals surface area contributed by atoms with Crippen molar-refractivity contribution >= 4 is 27.2 Å². The number of carbonyl (C=O) groups excluding carboxylic acids is 1. The molecule has 0 saturated heterocycles. The van der Waals surface area contributed by atoms with Crippen LogP contribution >= 0.6 is 15.9 Å². The van der Waals surface area contributed by atoms with Crippen LogP contribution in [0.2, 0.25) is 0 Å². The lowest BCUT2D eigenvalue weighted by Gasteiger charge is -2.26. The van der Waals surface area contributed by atoms with Gasteiger partial charge in [0.05, 0.1) is 11.6 Å². The normalized spacial score (nSPS) is 20.1. The first-order chi connectivity index (χ1) is 13.1. The van der Waals surface area contributed by atoms with Crippen LogP contribution in [0.1, 0.15) is 53.7 Å². The van der Waals surface area contributed by atoms with Gasteiger partial charge in [-0.1, -0.05) is 40.9 Å². The smallest absolute Gasteiger partial charge is 0.181 e. The van der Waals surface area contributed by atoms with Crippen LogP contribution in [0.5, 0.6) is 0 Å². The maximum absolute atomic E-state index is 13.0. The minimum absolute atomic E-state index is 0.0652. The monoisotopic (exact) mass is 426 g/mol. The van der Waals surface area contributed by atoms with Crippen LogP contribution in [-0.4, -0.2) is 26.6 Å². The molecule has 1 saturated carbocycles. The van der Waals surface area contributed by atoms with E-state index in [-0.39, 0.29) is 17.8 Å². The maximum atomic E-state index is 13.0. The molecule has 1 fully saturated rings. The minimum atomic E-state index is -0.357. The average Bonchev–Trinajstić information content (AvgIpc) is 3.04. The van der Waals surface area contributed by atoms with Gasteiger partial charge in [0.25, 0.3) is 0 Å². The molecule has 0 spiro atoms. The predicted molar refractivity (Wildman–Crippen MR) is 109 cm³/mol. The number of carbonyl (C=O) groups is 1. The highest BCUT2D eigenvalue weighted by Gasteiger charge is 2.27. The van der Waals surface area contributed by atoms with E-state index >= 15 is 0 Å². The molecule has 1 aliphatic rings. The summed E-state index contributed by atoms with van der Waals surface area (Å²) in [4.78, 5) is 13.0. The van der Waals surface area contributed by atoms with Gasteiger partial charge in [0.2, 0.25) is 0 Å². The molecule has 140 valence electrons. The van der Waals surface area contributed by atoms with Crippen molar-refractivity contribution in [2.45, 2.75) is 44.6 Å². The molecule has 2 heterocycles. The number of aliphatic hydroxyl groups excluding tert-OH is 1. The van der Waals surface area contributed by atoms with Crippen LogP contribution in [0.3, 0.4) is 0 Å². The molecule has 1 N–H and O–H groups in total. The standard InChI is InChI=1S/C22H23BrN2O2/c23-18-9-7-15(8-10-18)12-17-13-20(25-19(17)5-3-11-24-25)22(27)14-16-4-1-2-6-21(16)26/h3,5,7-11,13,16,21,26H,1-2,4,6,12,14H2/t16-,21+/m1/s1. The van der Waals surface area contributed by atoms with Crippen LogP contribution in [0.4, 0.5) is 0 Å². The largest absolute Gasteiger partial charge is 0.393 e. The fourth-order valence-electron chi connectivity index (χ4n) is 4.04. The first kappa shape index (κ1) is 18.4. The van der Waals surface area contributed by atoms with Gasteiger partial charge in [-0.3, -0.25) is 4.79 Å². The van der Waals surface area contributed by atoms with E-state index < -0.39 is 0 Å². The second-order valence-corrected chi connectivity index (χ2v) is 8.33. The molecule has 27 heavy (non-hydrogen) atoms. The lowest BCUT2D eigenvalue weighted by molar-refractivity contribution is 0.0580. The van der Waals surface area contributed by atoms with Gasteiger partial charge < -0.3 is 5.11 Å². The topological polar surface area (TPSA) is 54.6 Å². The Morgan fingerprint density at radius 2 is 1.96 bits per heavy atom. The highest BCUT2D eigenvalue weighted by atomic mass is 79.9. The molecule has 4 rings (SSSR count). The fraction of sp³-hybridized carbons (Fsp3) is 0.364. The quantitative estimate of drug-likeness (QED) is 0.595. The number of hydrogen-bond donors (Lipinski definition) is 1. The van der Waals surface area contributed by atoms with Crippen LogP contribution in [0.25, 0.3) is 5.52 Å². The number of fused-ring (bicyclic) bond motifs is 1. The summed E-state index contributed by atoms with van der Waals surface area (Å²) in [6.45, 7) is 0. The van der Waals surface area contributed by atoms with Crippen LogP contribution < -0.4 is 0 Å². The Kier molecular flexibility index (Phi) is 5.41. The summed E-state index contributed by atoms with van der Waals surface area (Å²) in [6, 6.07) is 14.1. The first-order valence-corrected chi connectivity index (χ1v) is 10.3. The number of aromatic nitrogens is 2. The summed E-state index contributed by atoms with van der Waals surface area (Å²) in [5, 5.41) is 14.6. The molecule has 4 nitrogen and oxygen atoms in total. The molecular weight excluding hydrogens is 404 g/mol. The van der Waals surface area contributed by atoms with Gasteiger partial charge >= 0.3 is 0 Å². The van der Waals surface area contributed by atoms with Crippen molar-refractivity contribution in [2.75, 3.05) is 0 Å². The number of ketones is 1. The third kappa shape index (κ3) is 3.99. The van der Waals surface area contributed by atoms with E-state index in [1.54, 1.807) is 10.7 Å². The molecule has 0 radical (unpaired) electrons. The third-order valence-electron chi connectivity index (χ3n) is 5.53. The Bertz CT molecular complexity index is 949. The molecule has 0 amide bonds. The van der Waals surface area contributed by atoms with E-state index in [1.165, 1.54) is 5.56 Å². The Labute approximate surface area is 167 Å². The number of Topliss-reactive ketones (excluding diaryl/α,β-unsaturated/α-hetero) is 1. The van der Waals surface area contributed by atoms with Gasteiger partial charge in [-0.15, -0.1) is 0 Å². The van der Waals surface area contributed by atoms with E-state index in [0.717, 1.165) is 47.7 Å². The van der Waals surface area contributed by atoms with Crippen molar-refractivity contribution < 1.29 is 9.90 Å². The summed E-state index contributed by atoms with van der Waals surface area (Å²) < 4.78 is 2.81. The van der Waals surface area contributed by atoms with Gasteiger partial charge in [0.15, 0.2) is 5.78 Å². The highest BCUT2D eigenvalue weighted by Crippen LogP contribution is 2.29. The fourth-order valence-corrected chi connectivity index (χ4v) is 4.30. The molecular formula is C22H23BrN2O2. The number of rotatable bonds is 5. The summed E-state index contributed by atoms with van der Waals surface area (Å²) in [5.41, 5.74) is 3.87. The summed E-state index contributed by atoms with van der Waals surface area (Å²) in [7, 11) is 0. The number of nitrogens with zero attached hydrogens (tertiary/aromatic N) is 2. The molecule has 2 atom stereocenters. The molecule has 5 heteroatoms. The van der Waals surface area contributed by atoms with Crippen molar-refractivity contribution in [3.8, 4) is 0 Å². The first-order valence-electron chi connectivity index (χ1n) is 9.53. The molecule has 0 unspecified atom stereocenters. The molecule has 2 aromatic heterocycles. The van der Waals surface area contributed by atoms with Crippen molar-refractivity contribution in [3.05, 3.63) is 70.0 Å². The Balaban J connectivity index is 1.63. The third-order valence-corrected chi connectivity index (χ3v) is 6.06. The second kappa shape index (κ2) is 7.95. The molecule has 1 aliphatic carbocycles. The Morgan fingerprint density at radius 1 is 1.19 bits per heavy atom. The van der Waals surface area contributed by atoms with Crippen molar-refractivity contribution in [2.24, 2.45) is 5.92 Å². The van der Waals surface area contributed by atoms with Gasteiger partial charge in [-0.25, -0.2) is 4.52 Å². The zero-order valence-corrected chi connectivity index (χ0v) is 16.7. The van der Waals surface area contributed by atoms with E-state index in [2.05, 4.69) is 33.2 Å². The lowest BCUT2D eigenvalue weighted by atomic mass is 9.83. The Hall–Kier alpha value is -1.98. The summed E-state index contributed by atoms with van der Waals surface area (Å²) in [5.74, 6) is 0.132. The van der Waals surface area contributed by atoms with E-state index in [0.29, 0.717) is 12.1 Å². The van der Waals surface area contributed by atoms with E-state index in [1.807, 2.05) is 30.3 Å². The minimum Gasteiger partial charge on any atom is -0.393 e. The number of hydrogen-bond acceptors (Lipinski definition) is 3. The molecule has 3 aromatic rings. The number of aliphatic hydroxyl groups is 1. The molecule has 0 aliphatic heterocycles.